The highest BCUT2D eigenvalue weighted by Crippen LogP contribution is 2.27. The van der Waals surface area contributed by atoms with E-state index in [0.29, 0.717) is 6.42 Å². The van der Waals surface area contributed by atoms with Crippen LogP contribution in [-0.2, 0) is 19.1 Å². The predicted octanol–water partition coefficient (Wildman–Crippen LogP) is 5.09. The van der Waals surface area contributed by atoms with Gasteiger partial charge in [-0.2, -0.15) is 0 Å². The fraction of sp³-hybridized carbons (Fsp3) is 0.500. The third-order valence-electron chi connectivity index (χ3n) is 5.41. The van der Waals surface area contributed by atoms with Crippen molar-refractivity contribution in [3.63, 3.8) is 0 Å². The van der Waals surface area contributed by atoms with E-state index in [1.54, 1.807) is 14.0 Å². The quantitative estimate of drug-likeness (QED) is 0.345. The summed E-state index contributed by atoms with van der Waals surface area (Å²) in [5.41, 5.74) is 0.771. The normalized spacial score (nSPS) is 13.3. The highest BCUT2D eigenvalue weighted by atomic mass is 16.7. The van der Waals surface area contributed by atoms with Gasteiger partial charge < -0.3 is 24.6 Å². The molecule has 0 spiro atoms. The lowest BCUT2D eigenvalue weighted by atomic mass is 9.94. The lowest BCUT2D eigenvalue weighted by Gasteiger charge is -2.27. The summed E-state index contributed by atoms with van der Waals surface area (Å²) in [5.74, 6) is -2.71. The van der Waals surface area contributed by atoms with Gasteiger partial charge in [-0.1, -0.05) is 38.1 Å². The van der Waals surface area contributed by atoms with Gasteiger partial charge in [0.15, 0.2) is 0 Å². The number of carbonyl (C=O) groups is 3. The molecule has 0 aliphatic rings. The van der Waals surface area contributed by atoms with E-state index in [0.717, 1.165) is 22.1 Å². The number of fused-ring (bicyclic) bond motifs is 1. The van der Waals surface area contributed by atoms with E-state index >= 15 is 0 Å². The lowest BCUT2D eigenvalue weighted by Crippen LogP contribution is -2.40. The van der Waals surface area contributed by atoms with E-state index in [1.165, 1.54) is 13.8 Å². The Bertz CT molecular complexity index is 1020. The average Bonchev–Trinajstić information content (AvgIpc) is 2.74. The number of carboxylic acid groups (broad SMARTS) is 1. The van der Waals surface area contributed by atoms with Crippen LogP contribution in [0.2, 0.25) is 0 Å². The minimum absolute atomic E-state index is 0.0487. The Morgan fingerprint density at radius 1 is 1.00 bits per heavy atom. The number of esters is 1. The van der Waals surface area contributed by atoms with Crippen molar-refractivity contribution in [3.8, 4) is 5.75 Å². The SMILES string of the molecule is COc1ccc2cc([C@H](C)C(=O)OC(C)(C)OC(=O)NC[C@H](CC(=O)O)CC(C)C)ccc2c1. The first-order valence-corrected chi connectivity index (χ1v) is 11.4. The minimum Gasteiger partial charge on any atom is -0.497 e. The monoisotopic (exact) mass is 473 g/mol. The standard InChI is InChI=1S/C26H35NO7/c1-16(2)11-18(12-23(28)29)15-27-25(31)34-26(4,5)33-24(30)17(3)19-7-8-21-14-22(32-6)10-9-20(21)13-19/h7-10,13-14,16-18H,11-12,15H2,1-6H3,(H,27,31)(H,28,29)/t17-,18-/m0/s1. The molecule has 0 saturated carbocycles. The summed E-state index contributed by atoms with van der Waals surface area (Å²) in [6, 6.07) is 11.4. The number of alkyl carbamates (subject to hydrolysis) is 1. The van der Waals surface area contributed by atoms with E-state index < -0.39 is 29.7 Å². The number of hydrogen-bond donors (Lipinski definition) is 2. The second-order valence-electron chi connectivity index (χ2n) is 9.38. The number of rotatable bonds is 11. The predicted molar refractivity (Wildman–Crippen MR) is 129 cm³/mol. The summed E-state index contributed by atoms with van der Waals surface area (Å²) in [6.45, 7) is 8.82. The maximum atomic E-state index is 12.8. The van der Waals surface area contributed by atoms with Gasteiger partial charge in [0.25, 0.3) is 5.79 Å². The van der Waals surface area contributed by atoms with Crippen LogP contribution in [0.5, 0.6) is 5.75 Å². The number of nitrogens with one attached hydrogen (secondary N) is 1. The molecule has 0 aliphatic carbocycles. The van der Waals surface area contributed by atoms with E-state index in [2.05, 4.69) is 5.32 Å². The van der Waals surface area contributed by atoms with E-state index in [-0.39, 0.29) is 24.8 Å². The molecule has 186 valence electrons. The Balaban J connectivity index is 1.96. The fourth-order valence-corrected chi connectivity index (χ4v) is 3.77. The van der Waals surface area contributed by atoms with E-state index in [9.17, 15) is 14.4 Å². The van der Waals surface area contributed by atoms with Crippen molar-refractivity contribution in [1.82, 2.24) is 5.32 Å². The van der Waals surface area contributed by atoms with Crippen LogP contribution >= 0.6 is 0 Å². The number of ether oxygens (including phenoxy) is 3. The number of aliphatic carboxylic acids is 1. The highest BCUT2D eigenvalue weighted by Gasteiger charge is 2.31. The molecule has 0 bridgehead atoms. The van der Waals surface area contributed by atoms with Crippen LogP contribution in [0.4, 0.5) is 4.79 Å². The zero-order chi connectivity index (χ0) is 25.5. The summed E-state index contributed by atoms with van der Waals surface area (Å²) >= 11 is 0. The molecule has 2 aromatic carbocycles. The zero-order valence-corrected chi connectivity index (χ0v) is 20.7. The highest BCUT2D eigenvalue weighted by molar-refractivity contribution is 5.87. The first kappa shape index (κ1) is 27.0. The van der Waals surface area contributed by atoms with Crippen molar-refractivity contribution in [3.05, 3.63) is 42.0 Å². The van der Waals surface area contributed by atoms with Gasteiger partial charge in [-0.15, -0.1) is 0 Å². The van der Waals surface area contributed by atoms with Gasteiger partial charge in [0, 0.05) is 26.8 Å². The van der Waals surface area contributed by atoms with Crippen molar-refractivity contribution >= 4 is 28.8 Å². The number of carboxylic acids is 1. The summed E-state index contributed by atoms with van der Waals surface area (Å²) in [5, 5.41) is 13.6. The van der Waals surface area contributed by atoms with Gasteiger partial charge >= 0.3 is 18.0 Å². The second-order valence-corrected chi connectivity index (χ2v) is 9.38. The van der Waals surface area contributed by atoms with Gasteiger partial charge in [0.1, 0.15) is 5.75 Å². The molecule has 0 radical (unpaired) electrons. The molecule has 8 heteroatoms. The third-order valence-corrected chi connectivity index (χ3v) is 5.41. The molecule has 2 aromatic rings. The van der Waals surface area contributed by atoms with E-state index in [1.807, 2.05) is 50.2 Å². The third kappa shape index (κ3) is 8.24. The fourth-order valence-electron chi connectivity index (χ4n) is 3.77. The number of hydrogen-bond acceptors (Lipinski definition) is 6. The van der Waals surface area contributed by atoms with Crippen molar-refractivity contribution in [2.75, 3.05) is 13.7 Å². The molecule has 34 heavy (non-hydrogen) atoms. The van der Waals surface area contributed by atoms with Gasteiger partial charge in [-0.3, -0.25) is 9.59 Å². The number of carbonyl (C=O) groups excluding carboxylic acids is 2. The molecule has 0 fully saturated rings. The minimum atomic E-state index is -1.50. The summed E-state index contributed by atoms with van der Waals surface area (Å²) in [7, 11) is 1.61. The smallest absolute Gasteiger partial charge is 0.410 e. The van der Waals surface area contributed by atoms with Crippen molar-refractivity contribution in [2.45, 2.75) is 59.2 Å². The van der Waals surface area contributed by atoms with Crippen LogP contribution in [0, 0.1) is 11.8 Å². The number of benzene rings is 2. The van der Waals surface area contributed by atoms with Crippen molar-refractivity contribution in [2.24, 2.45) is 11.8 Å². The molecule has 0 heterocycles. The zero-order valence-electron chi connectivity index (χ0n) is 20.7. The number of methoxy groups -OCH3 is 1. The molecule has 8 nitrogen and oxygen atoms in total. The Morgan fingerprint density at radius 3 is 2.26 bits per heavy atom. The average molecular weight is 474 g/mol. The van der Waals surface area contributed by atoms with Crippen molar-refractivity contribution < 1.29 is 33.7 Å². The summed E-state index contributed by atoms with van der Waals surface area (Å²) < 4.78 is 16.0. The molecular formula is C26H35NO7. The van der Waals surface area contributed by atoms with E-state index in [4.69, 9.17) is 19.3 Å². The second kappa shape index (κ2) is 11.7. The van der Waals surface area contributed by atoms with Crippen LogP contribution < -0.4 is 10.1 Å². The maximum Gasteiger partial charge on any atom is 0.410 e. The first-order chi connectivity index (χ1) is 15.9. The Kier molecular flexibility index (Phi) is 9.29. The Labute approximate surface area is 200 Å². The molecule has 0 aromatic heterocycles. The summed E-state index contributed by atoms with van der Waals surface area (Å²) in [6.07, 6.45) is -0.169. The van der Waals surface area contributed by atoms with Gasteiger partial charge in [0.05, 0.1) is 13.0 Å². The molecule has 2 rings (SSSR count). The largest absolute Gasteiger partial charge is 0.497 e. The number of amides is 1. The van der Waals surface area contributed by atoms with Gasteiger partial charge in [-0.05, 0) is 53.6 Å². The maximum absolute atomic E-state index is 12.8. The molecular weight excluding hydrogens is 438 g/mol. The molecule has 0 unspecified atom stereocenters. The molecule has 0 saturated heterocycles. The summed E-state index contributed by atoms with van der Waals surface area (Å²) in [4.78, 5) is 36.1. The molecule has 0 aliphatic heterocycles. The van der Waals surface area contributed by atoms with Crippen LogP contribution in [0.15, 0.2) is 36.4 Å². The van der Waals surface area contributed by atoms with Crippen LogP contribution in [0.1, 0.15) is 58.9 Å². The lowest BCUT2D eigenvalue weighted by molar-refractivity contribution is -0.196. The van der Waals surface area contributed by atoms with Gasteiger partial charge in [0.2, 0.25) is 0 Å². The first-order valence-electron chi connectivity index (χ1n) is 11.4. The Morgan fingerprint density at radius 2 is 1.65 bits per heavy atom. The molecule has 2 N–H and O–H groups in total. The van der Waals surface area contributed by atoms with Crippen LogP contribution in [0.3, 0.4) is 0 Å². The Hall–Kier alpha value is -3.29. The van der Waals surface area contributed by atoms with Crippen molar-refractivity contribution in [1.29, 1.82) is 0 Å². The van der Waals surface area contributed by atoms with Crippen LogP contribution in [0.25, 0.3) is 10.8 Å². The van der Waals surface area contributed by atoms with Crippen LogP contribution in [-0.4, -0.2) is 42.6 Å². The van der Waals surface area contributed by atoms with Gasteiger partial charge in [-0.25, -0.2) is 4.79 Å². The molecule has 2 atom stereocenters. The molecule has 1 amide bonds. The topological polar surface area (TPSA) is 111 Å².